The Morgan fingerprint density at radius 2 is 0.465 bits per heavy atom. The summed E-state index contributed by atoms with van der Waals surface area (Å²) in [5.41, 5.74) is 0. The smallest absolute Gasteiger partial charge is 0.462 e. The number of esters is 4. The highest BCUT2D eigenvalue weighted by Gasteiger charge is 2.30. The van der Waals surface area contributed by atoms with E-state index in [0.29, 0.717) is 25.7 Å². The molecule has 0 aromatic rings. The van der Waals surface area contributed by atoms with E-state index in [2.05, 4.69) is 27.7 Å². The van der Waals surface area contributed by atoms with Crippen LogP contribution < -0.4 is 0 Å². The van der Waals surface area contributed by atoms with Gasteiger partial charge in [0.05, 0.1) is 26.4 Å². The minimum Gasteiger partial charge on any atom is -0.462 e. The number of carbonyl (C=O) groups is 4. The van der Waals surface area contributed by atoms with Gasteiger partial charge >= 0.3 is 39.5 Å². The Kier molecular flexibility index (Phi) is 60.5. The molecule has 0 saturated heterocycles. The minimum absolute atomic E-state index is 0.106. The van der Waals surface area contributed by atoms with Gasteiger partial charge in [0.15, 0.2) is 12.2 Å². The Bertz CT molecular complexity index is 1650. The van der Waals surface area contributed by atoms with Crippen LogP contribution in [0, 0.1) is 0 Å². The molecule has 0 fully saturated rings. The number of hydrogen-bond donors (Lipinski definition) is 3. The second kappa shape index (κ2) is 61.9. The molecule has 17 nitrogen and oxygen atoms in total. The first-order chi connectivity index (χ1) is 41.7. The van der Waals surface area contributed by atoms with Crippen molar-refractivity contribution in [2.75, 3.05) is 39.6 Å². The summed E-state index contributed by atoms with van der Waals surface area (Å²) in [4.78, 5) is 72.3. The molecule has 0 saturated carbocycles. The van der Waals surface area contributed by atoms with Crippen LogP contribution in [-0.4, -0.2) is 96.7 Å². The number of carbonyl (C=O) groups excluding carboxylic acids is 4. The molecular formula is C67H130O17P2. The average molecular weight is 1270 g/mol. The third kappa shape index (κ3) is 60.9. The Hall–Kier alpha value is -1.94. The molecule has 0 radical (unpaired) electrons. The third-order valence-corrected chi connectivity index (χ3v) is 17.5. The van der Waals surface area contributed by atoms with Gasteiger partial charge in [0, 0.05) is 25.7 Å². The van der Waals surface area contributed by atoms with Crippen molar-refractivity contribution in [1.29, 1.82) is 0 Å². The molecule has 0 aromatic carbocycles. The Morgan fingerprint density at radius 3 is 0.686 bits per heavy atom. The number of ether oxygens (including phenoxy) is 4. The van der Waals surface area contributed by atoms with Crippen LogP contribution >= 0.6 is 15.6 Å². The van der Waals surface area contributed by atoms with E-state index < -0.39 is 97.5 Å². The Balaban J connectivity index is 5.21. The number of aliphatic hydroxyl groups is 1. The van der Waals surface area contributed by atoms with Crippen LogP contribution in [0.2, 0.25) is 0 Å². The zero-order valence-corrected chi connectivity index (χ0v) is 57.1. The maximum Gasteiger partial charge on any atom is 0.472 e. The predicted octanol–water partition coefficient (Wildman–Crippen LogP) is 19.1. The SMILES string of the molecule is CCCCCCCCCCCCCCCCCCC(=O)O[C@H](COC(=O)CCCCCCCCCCCCCC)COP(=O)(O)OC[C@@H](O)COP(=O)(O)OC[C@@H](COC(=O)CCCCCCCCCCC)OC(=O)CCCCCCCCCCC. The molecule has 0 aliphatic carbocycles. The van der Waals surface area contributed by atoms with Gasteiger partial charge in [-0.25, -0.2) is 9.13 Å². The highest BCUT2D eigenvalue weighted by Crippen LogP contribution is 2.45. The molecule has 0 spiro atoms. The maximum atomic E-state index is 13.0. The van der Waals surface area contributed by atoms with Gasteiger partial charge in [-0.15, -0.1) is 0 Å². The molecule has 0 bridgehead atoms. The molecule has 3 N–H and O–H groups in total. The van der Waals surface area contributed by atoms with Crippen molar-refractivity contribution in [3.8, 4) is 0 Å². The molecule has 19 heteroatoms. The van der Waals surface area contributed by atoms with Gasteiger partial charge in [-0.2, -0.15) is 0 Å². The van der Waals surface area contributed by atoms with Crippen LogP contribution in [-0.2, 0) is 65.4 Å². The second-order valence-electron chi connectivity index (χ2n) is 24.2. The summed E-state index contributed by atoms with van der Waals surface area (Å²) in [5, 5.41) is 10.5. The van der Waals surface area contributed by atoms with E-state index >= 15 is 0 Å². The first-order valence-corrected chi connectivity index (χ1v) is 38.3. The lowest BCUT2D eigenvalue weighted by Gasteiger charge is -2.21. The highest BCUT2D eigenvalue weighted by molar-refractivity contribution is 7.47. The molecular weight excluding hydrogens is 1140 g/mol. The van der Waals surface area contributed by atoms with Gasteiger partial charge < -0.3 is 33.8 Å². The topological polar surface area (TPSA) is 237 Å². The normalized spacial score (nSPS) is 14.1. The molecule has 0 amide bonds. The average Bonchev–Trinajstić information content (AvgIpc) is 3.69. The first-order valence-electron chi connectivity index (χ1n) is 35.3. The lowest BCUT2D eigenvalue weighted by molar-refractivity contribution is -0.161. The highest BCUT2D eigenvalue weighted by atomic mass is 31.2. The Morgan fingerprint density at radius 1 is 0.279 bits per heavy atom. The third-order valence-electron chi connectivity index (χ3n) is 15.6. The van der Waals surface area contributed by atoms with Gasteiger partial charge in [0.25, 0.3) is 0 Å². The van der Waals surface area contributed by atoms with E-state index in [4.69, 9.17) is 37.0 Å². The summed E-state index contributed by atoms with van der Waals surface area (Å²) < 4.78 is 68.1. The van der Waals surface area contributed by atoms with Crippen molar-refractivity contribution >= 4 is 39.5 Å². The fourth-order valence-electron chi connectivity index (χ4n) is 10.2. The lowest BCUT2D eigenvalue weighted by Crippen LogP contribution is -2.30. The van der Waals surface area contributed by atoms with E-state index in [0.717, 1.165) is 89.9 Å². The summed E-state index contributed by atoms with van der Waals surface area (Å²) in [6.45, 7) is 4.89. The van der Waals surface area contributed by atoms with Crippen molar-refractivity contribution in [1.82, 2.24) is 0 Å². The van der Waals surface area contributed by atoms with E-state index in [1.807, 2.05) is 0 Å². The van der Waals surface area contributed by atoms with Gasteiger partial charge in [-0.05, 0) is 25.7 Å². The number of unbranched alkanes of at least 4 members (excludes halogenated alkanes) is 42. The number of phosphoric ester groups is 2. The van der Waals surface area contributed by atoms with Crippen LogP contribution in [0.5, 0.6) is 0 Å². The summed E-state index contributed by atoms with van der Waals surface area (Å²) in [6.07, 6.45) is 48.5. The van der Waals surface area contributed by atoms with Crippen LogP contribution in [0.25, 0.3) is 0 Å². The second-order valence-corrected chi connectivity index (χ2v) is 27.1. The monoisotopic (exact) mass is 1270 g/mol. The number of rotatable bonds is 68. The van der Waals surface area contributed by atoms with Crippen molar-refractivity contribution < 1.29 is 80.2 Å². The summed E-state index contributed by atoms with van der Waals surface area (Å²) in [5.74, 6) is -2.13. The number of aliphatic hydroxyl groups excluding tert-OH is 1. The van der Waals surface area contributed by atoms with Crippen molar-refractivity contribution in [2.45, 2.75) is 367 Å². The van der Waals surface area contributed by atoms with Gasteiger partial charge in [-0.3, -0.25) is 37.3 Å². The standard InChI is InChI=1S/C67H130O17P2/c1-5-9-13-17-21-25-27-29-30-31-32-34-38-42-46-50-54-67(72)84-63(58-78-65(70)52-48-44-40-37-33-28-26-22-18-14-10-6-2)60-82-86(75,76)80-56-61(68)55-79-85(73,74)81-59-62(83-66(71)53-49-45-41-36-24-20-16-12-8-4)57-77-64(69)51-47-43-39-35-23-19-15-11-7-3/h61-63,68H,5-60H2,1-4H3,(H,73,74)(H,75,76)/t61-,62+,63+/m0/s1. The number of hydrogen-bond acceptors (Lipinski definition) is 15. The molecule has 0 rings (SSSR count). The van der Waals surface area contributed by atoms with Crippen LogP contribution in [0.15, 0.2) is 0 Å². The van der Waals surface area contributed by atoms with Crippen LogP contribution in [0.1, 0.15) is 349 Å². The maximum absolute atomic E-state index is 13.0. The zero-order valence-electron chi connectivity index (χ0n) is 55.3. The van der Waals surface area contributed by atoms with E-state index in [9.17, 15) is 43.2 Å². The van der Waals surface area contributed by atoms with Crippen molar-refractivity contribution in [2.24, 2.45) is 0 Å². The van der Waals surface area contributed by atoms with Gasteiger partial charge in [-0.1, -0.05) is 297 Å². The molecule has 2 unspecified atom stereocenters. The summed E-state index contributed by atoms with van der Waals surface area (Å²) >= 11 is 0. The molecule has 86 heavy (non-hydrogen) atoms. The fraction of sp³-hybridized carbons (Fsp3) is 0.940. The fourth-order valence-corrected chi connectivity index (χ4v) is 11.7. The quantitative estimate of drug-likeness (QED) is 0.0222. The van der Waals surface area contributed by atoms with E-state index in [-0.39, 0.29) is 25.7 Å². The van der Waals surface area contributed by atoms with Crippen LogP contribution in [0.4, 0.5) is 0 Å². The van der Waals surface area contributed by atoms with Crippen molar-refractivity contribution in [3.63, 3.8) is 0 Å². The predicted molar refractivity (Wildman–Crippen MR) is 345 cm³/mol. The first kappa shape index (κ1) is 84.1. The molecule has 510 valence electrons. The zero-order chi connectivity index (χ0) is 63.3. The molecule has 0 aliphatic rings. The molecule has 0 heterocycles. The van der Waals surface area contributed by atoms with E-state index in [1.165, 1.54) is 180 Å². The Labute approximate surface area is 524 Å². The molecule has 0 aliphatic heterocycles. The van der Waals surface area contributed by atoms with E-state index in [1.54, 1.807) is 0 Å². The minimum atomic E-state index is -4.95. The largest absolute Gasteiger partial charge is 0.472 e. The lowest BCUT2D eigenvalue weighted by atomic mass is 10.0. The van der Waals surface area contributed by atoms with Gasteiger partial charge in [0.2, 0.25) is 0 Å². The van der Waals surface area contributed by atoms with Gasteiger partial charge in [0.1, 0.15) is 19.3 Å². The summed E-state index contributed by atoms with van der Waals surface area (Å²) in [6, 6.07) is 0. The molecule has 5 atom stereocenters. The number of phosphoric acid groups is 2. The van der Waals surface area contributed by atoms with Crippen molar-refractivity contribution in [3.05, 3.63) is 0 Å². The van der Waals surface area contributed by atoms with Crippen LogP contribution in [0.3, 0.4) is 0 Å². The summed E-state index contributed by atoms with van der Waals surface area (Å²) in [7, 11) is -9.89. The molecule has 0 aromatic heterocycles.